The summed E-state index contributed by atoms with van der Waals surface area (Å²) in [7, 11) is 0. The van der Waals surface area contributed by atoms with E-state index in [1.807, 2.05) is 38.1 Å². The van der Waals surface area contributed by atoms with Crippen molar-refractivity contribution in [1.82, 2.24) is 4.98 Å². The Morgan fingerprint density at radius 1 is 0.929 bits per heavy atom. The molecular weight excluding hydrogens is 354 g/mol. The molecule has 28 heavy (non-hydrogen) atoms. The standard InChI is InChI=1S/C22H21N3O3/c1-14-4-3-5-15(2)21(14)24-17-8-9-23-18(12-17)22(26)25-16-6-7-19-20(13-16)28-11-10-27-19/h3-9,12-13H,10-11H2,1-2H3,(H,23,24)(H,25,26). The van der Waals surface area contributed by atoms with Crippen molar-refractivity contribution in [2.45, 2.75) is 13.8 Å². The van der Waals surface area contributed by atoms with E-state index in [0.717, 1.165) is 22.5 Å². The van der Waals surface area contributed by atoms with Gasteiger partial charge in [-0.25, -0.2) is 0 Å². The summed E-state index contributed by atoms with van der Waals surface area (Å²) < 4.78 is 11.1. The Hall–Kier alpha value is -3.54. The van der Waals surface area contributed by atoms with E-state index in [9.17, 15) is 4.79 Å². The number of nitrogens with zero attached hydrogens (tertiary/aromatic N) is 1. The summed E-state index contributed by atoms with van der Waals surface area (Å²) in [4.78, 5) is 16.8. The number of carbonyl (C=O) groups is 1. The number of rotatable bonds is 4. The first-order valence-corrected chi connectivity index (χ1v) is 9.10. The normalized spacial score (nSPS) is 12.4. The van der Waals surface area contributed by atoms with Gasteiger partial charge in [0.25, 0.3) is 5.91 Å². The molecule has 0 fully saturated rings. The predicted molar refractivity (Wildman–Crippen MR) is 109 cm³/mol. The average Bonchev–Trinajstić information content (AvgIpc) is 2.71. The molecule has 3 aromatic rings. The third-order valence-corrected chi connectivity index (χ3v) is 4.54. The second kappa shape index (κ2) is 7.60. The first-order valence-electron chi connectivity index (χ1n) is 9.10. The second-order valence-electron chi connectivity index (χ2n) is 6.63. The first-order chi connectivity index (χ1) is 13.6. The molecule has 1 aliphatic rings. The number of pyridine rings is 1. The Labute approximate surface area is 163 Å². The summed E-state index contributed by atoms with van der Waals surface area (Å²) >= 11 is 0. The Morgan fingerprint density at radius 2 is 1.68 bits per heavy atom. The predicted octanol–water partition coefficient (Wildman–Crippen LogP) is 4.47. The van der Waals surface area contributed by atoms with E-state index in [1.54, 1.807) is 30.5 Å². The third-order valence-electron chi connectivity index (χ3n) is 4.54. The van der Waals surface area contributed by atoms with Gasteiger partial charge in [-0.1, -0.05) is 18.2 Å². The van der Waals surface area contributed by atoms with Crippen molar-refractivity contribution in [1.29, 1.82) is 0 Å². The highest BCUT2D eigenvalue weighted by molar-refractivity contribution is 6.03. The Balaban J connectivity index is 1.52. The molecule has 1 aliphatic heterocycles. The molecule has 2 aromatic carbocycles. The van der Waals surface area contributed by atoms with Crippen LogP contribution in [-0.4, -0.2) is 24.1 Å². The minimum absolute atomic E-state index is 0.290. The Bertz CT molecular complexity index is 1010. The highest BCUT2D eigenvalue weighted by Gasteiger charge is 2.14. The molecular formula is C22H21N3O3. The minimum atomic E-state index is -0.290. The molecule has 0 radical (unpaired) electrons. The van der Waals surface area contributed by atoms with Crippen LogP contribution in [0.2, 0.25) is 0 Å². The largest absolute Gasteiger partial charge is 0.486 e. The van der Waals surface area contributed by atoms with Crippen molar-refractivity contribution in [3.63, 3.8) is 0 Å². The molecule has 0 saturated carbocycles. The molecule has 1 aromatic heterocycles. The molecule has 2 N–H and O–H groups in total. The number of nitrogens with one attached hydrogen (secondary N) is 2. The number of anilines is 3. The van der Waals surface area contributed by atoms with Gasteiger partial charge in [0.2, 0.25) is 0 Å². The Kier molecular flexibility index (Phi) is 4.85. The number of carbonyl (C=O) groups excluding carboxylic acids is 1. The molecule has 0 bridgehead atoms. The van der Waals surface area contributed by atoms with Crippen LogP contribution in [0.15, 0.2) is 54.7 Å². The summed E-state index contributed by atoms with van der Waals surface area (Å²) in [5.41, 5.74) is 5.07. The van der Waals surface area contributed by atoms with Crippen LogP contribution < -0.4 is 20.1 Å². The molecule has 0 spiro atoms. The van der Waals surface area contributed by atoms with Gasteiger partial charge in [-0.05, 0) is 49.2 Å². The molecule has 142 valence electrons. The fraction of sp³-hybridized carbons (Fsp3) is 0.182. The van der Waals surface area contributed by atoms with Crippen LogP contribution in [0.5, 0.6) is 11.5 Å². The summed E-state index contributed by atoms with van der Waals surface area (Å²) in [5, 5.41) is 6.24. The maximum absolute atomic E-state index is 12.6. The topological polar surface area (TPSA) is 72.5 Å². The van der Waals surface area contributed by atoms with Gasteiger partial charge in [0, 0.05) is 29.3 Å². The van der Waals surface area contributed by atoms with E-state index >= 15 is 0 Å². The zero-order chi connectivity index (χ0) is 19.5. The summed E-state index contributed by atoms with van der Waals surface area (Å²) in [6, 6.07) is 15.0. The van der Waals surface area contributed by atoms with Crippen LogP contribution in [-0.2, 0) is 0 Å². The quantitative estimate of drug-likeness (QED) is 0.704. The summed E-state index contributed by atoms with van der Waals surface area (Å²) in [5.74, 6) is 1.02. The fourth-order valence-electron chi connectivity index (χ4n) is 3.10. The monoisotopic (exact) mass is 375 g/mol. The van der Waals surface area contributed by atoms with Gasteiger partial charge in [0.15, 0.2) is 11.5 Å². The molecule has 4 rings (SSSR count). The number of aryl methyl sites for hydroxylation is 2. The van der Waals surface area contributed by atoms with Crippen molar-refractivity contribution in [3.05, 3.63) is 71.5 Å². The fourth-order valence-corrected chi connectivity index (χ4v) is 3.10. The van der Waals surface area contributed by atoms with Crippen molar-refractivity contribution < 1.29 is 14.3 Å². The lowest BCUT2D eigenvalue weighted by molar-refractivity contribution is 0.102. The Morgan fingerprint density at radius 3 is 2.46 bits per heavy atom. The number of hydrogen-bond donors (Lipinski definition) is 2. The average molecular weight is 375 g/mol. The zero-order valence-electron chi connectivity index (χ0n) is 15.8. The minimum Gasteiger partial charge on any atom is -0.486 e. The SMILES string of the molecule is Cc1cccc(C)c1Nc1ccnc(C(=O)Nc2ccc3c(c2)OCCO3)c1. The van der Waals surface area contributed by atoms with Gasteiger partial charge in [-0.2, -0.15) is 0 Å². The smallest absolute Gasteiger partial charge is 0.274 e. The molecule has 6 nitrogen and oxygen atoms in total. The third kappa shape index (κ3) is 3.76. The first kappa shape index (κ1) is 17.9. The molecule has 6 heteroatoms. The lowest BCUT2D eigenvalue weighted by Crippen LogP contribution is -2.17. The number of hydrogen-bond acceptors (Lipinski definition) is 5. The van der Waals surface area contributed by atoms with Crippen molar-refractivity contribution in [2.75, 3.05) is 23.8 Å². The molecule has 0 aliphatic carbocycles. The van der Waals surface area contributed by atoms with Crippen LogP contribution in [0.4, 0.5) is 17.1 Å². The number of ether oxygens (including phenoxy) is 2. The lowest BCUT2D eigenvalue weighted by Gasteiger charge is -2.19. The van der Waals surface area contributed by atoms with Crippen LogP contribution in [0, 0.1) is 13.8 Å². The highest BCUT2D eigenvalue weighted by Crippen LogP contribution is 2.32. The van der Waals surface area contributed by atoms with E-state index in [-0.39, 0.29) is 5.91 Å². The summed E-state index contributed by atoms with van der Waals surface area (Å²) in [6.07, 6.45) is 1.62. The van der Waals surface area contributed by atoms with Crippen LogP contribution >= 0.6 is 0 Å². The molecule has 2 heterocycles. The van der Waals surface area contributed by atoms with E-state index in [0.29, 0.717) is 36.1 Å². The van der Waals surface area contributed by atoms with Crippen molar-refractivity contribution >= 4 is 23.0 Å². The van der Waals surface area contributed by atoms with Crippen LogP contribution in [0.1, 0.15) is 21.6 Å². The summed E-state index contributed by atoms with van der Waals surface area (Å²) in [6.45, 7) is 5.12. The maximum Gasteiger partial charge on any atom is 0.274 e. The van der Waals surface area contributed by atoms with Crippen LogP contribution in [0.3, 0.4) is 0 Å². The van der Waals surface area contributed by atoms with Gasteiger partial charge < -0.3 is 20.1 Å². The highest BCUT2D eigenvalue weighted by atomic mass is 16.6. The van der Waals surface area contributed by atoms with Crippen molar-refractivity contribution in [2.24, 2.45) is 0 Å². The number of para-hydroxylation sites is 1. The number of aromatic nitrogens is 1. The zero-order valence-corrected chi connectivity index (χ0v) is 15.8. The van der Waals surface area contributed by atoms with Crippen LogP contribution in [0.25, 0.3) is 0 Å². The van der Waals surface area contributed by atoms with Crippen molar-refractivity contribution in [3.8, 4) is 11.5 Å². The van der Waals surface area contributed by atoms with Gasteiger partial charge in [-0.15, -0.1) is 0 Å². The molecule has 0 saturated heterocycles. The maximum atomic E-state index is 12.6. The van der Waals surface area contributed by atoms with E-state index in [1.165, 1.54) is 0 Å². The van der Waals surface area contributed by atoms with Gasteiger partial charge in [-0.3, -0.25) is 9.78 Å². The molecule has 0 atom stereocenters. The molecule has 0 unspecified atom stereocenters. The van der Waals surface area contributed by atoms with E-state index in [4.69, 9.17) is 9.47 Å². The van der Waals surface area contributed by atoms with E-state index < -0.39 is 0 Å². The number of fused-ring (bicyclic) bond motifs is 1. The van der Waals surface area contributed by atoms with Gasteiger partial charge in [0.1, 0.15) is 18.9 Å². The second-order valence-corrected chi connectivity index (χ2v) is 6.63. The van der Waals surface area contributed by atoms with Gasteiger partial charge in [0.05, 0.1) is 0 Å². The molecule has 1 amide bonds. The number of amides is 1. The van der Waals surface area contributed by atoms with Gasteiger partial charge >= 0.3 is 0 Å². The van der Waals surface area contributed by atoms with E-state index in [2.05, 4.69) is 15.6 Å². The lowest BCUT2D eigenvalue weighted by atomic mass is 10.1. The number of benzene rings is 2.